The van der Waals surface area contributed by atoms with Crippen LogP contribution in [0.3, 0.4) is 0 Å². The maximum atomic E-state index is 13.1. The third-order valence-electron chi connectivity index (χ3n) is 1.62. The first-order valence-electron chi connectivity index (χ1n) is 3.39. The molecule has 1 aromatic rings. The van der Waals surface area contributed by atoms with Crippen LogP contribution in [0.1, 0.15) is 5.56 Å². The summed E-state index contributed by atoms with van der Waals surface area (Å²) in [5.74, 6) is -1.34. The number of phenolic OH excluding ortho intramolecular Hbond substituents is 1. The SMILES string of the molecule is COc1c(N)cc(C)c(O)c1F. The van der Waals surface area contributed by atoms with Crippen LogP contribution in [-0.4, -0.2) is 12.2 Å². The highest BCUT2D eigenvalue weighted by Crippen LogP contribution is 2.34. The minimum Gasteiger partial charge on any atom is -0.505 e. The minimum atomic E-state index is -0.810. The van der Waals surface area contributed by atoms with Gasteiger partial charge in [0.05, 0.1) is 12.8 Å². The third kappa shape index (κ3) is 1.15. The summed E-state index contributed by atoms with van der Waals surface area (Å²) in [4.78, 5) is 0. The molecule has 0 spiro atoms. The molecule has 0 atom stereocenters. The van der Waals surface area contributed by atoms with E-state index in [0.717, 1.165) is 0 Å². The number of aryl methyl sites for hydroxylation is 1. The molecule has 0 radical (unpaired) electrons. The Morgan fingerprint density at radius 1 is 1.58 bits per heavy atom. The Bertz CT molecular complexity index is 312. The fourth-order valence-electron chi connectivity index (χ4n) is 0.982. The number of anilines is 1. The van der Waals surface area contributed by atoms with E-state index in [-0.39, 0.29) is 11.4 Å². The number of benzene rings is 1. The van der Waals surface area contributed by atoms with Crippen molar-refractivity contribution in [2.75, 3.05) is 12.8 Å². The zero-order valence-electron chi connectivity index (χ0n) is 6.89. The molecule has 4 heteroatoms. The van der Waals surface area contributed by atoms with Crippen LogP contribution in [0.2, 0.25) is 0 Å². The van der Waals surface area contributed by atoms with E-state index in [1.165, 1.54) is 13.2 Å². The standard InChI is InChI=1S/C8H10FNO2/c1-4-3-5(10)8(12-2)6(9)7(4)11/h3,11H,10H2,1-2H3. The van der Waals surface area contributed by atoms with Gasteiger partial charge < -0.3 is 15.6 Å². The molecule has 1 aromatic carbocycles. The molecule has 0 bridgehead atoms. The van der Waals surface area contributed by atoms with Gasteiger partial charge in [-0.15, -0.1) is 0 Å². The molecule has 0 aliphatic heterocycles. The maximum absolute atomic E-state index is 13.1. The largest absolute Gasteiger partial charge is 0.505 e. The van der Waals surface area contributed by atoms with Crippen LogP contribution >= 0.6 is 0 Å². The van der Waals surface area contributed by atoms with Crippen LogP contribution < -0.4 is 10.5 Å². The molecule has 66 valence electrons. The number of methoxy groups -OCH3 is 1. The number of aromatic hydroxyl groups is 1. The van der Waals surface area contributed by atoms with Crippen molar-refractivity contribution in [3.8, 4) is 11.5 Å². The minimum absolute atomic E-state index is 0.113. The average Bonchev–Trinajstić information content (AvgIpc) is 2.01. The number of nitrogen functional groups attached to an aromatic ring is 1. The second kappa shape index (κ2) is 2.89. The first-order valence-corrected chi connectivity index (χ1v) is 3.39. The summed E-state index contributed by atoms with van der Waals surface area (Å²) in [5.41, 5.74) is 6.01. The van der Waals surface area contributed by atoms with Gasteiger partial charge in [0.1, 0.15) is 0 Å². The van der Waals surface area contributed by atoms with Crippen molar-refractivity contribution in [1.29, 1.82) is 0 Å². The molecule has 0 saturated carbocycles. The van der Waals surface area contributed by atoms with Crippen molar-refractivity contribution < 1.29 is 14.2 Å². The van der Waals surface area contributed by atoms with Crippen LogP contribution in [0, 0.1) is 12.7 Å². The van der Waals surface area contributed by atoms with E-state index in [0.29, 0.717) is 5.56 Å². The molecule has 0 amide bonds. The van der Waals surface area contributed by atoms with Gasteiger partial charge in [0.2, 0.25) is 5.82 Å². The first-order chi connectivity index (χ1) is 5.57. The summed E-state index contributed by atoms with van der Waals surface area (Å²) in [7, 11) is 1.30. The van der Waals surface area contributed by atoms with Crippen LogP contribution in [-0.2, 0) is 0 Å². The quantitative estimate of drug-likeness (QED) is 0.496. The van der Waals surface area contributed by atoms with Crippen LogP contribution in [0.15, 0.2) is 6.07 Å². The summed E-state index contributed by atoms with van der Waals surface area (Å²) < 4.78 is 17.7. The zero-order chi connectivity index (χ0) is 9.30. The smallest absolute Gasteiger partial charge is 0.208 e. The van der Waals surface area contributed by atoms with E-state index in [1.807, 2.05) is 0 Å². The molecule has 0 unspecified atom stereocenters. The second-order valence-electron chi connectivity index (χ2n) is 2.48. The lowest BCUT2D eigenvalue weighted by Gasteiger charge is -2.08. The lowest BCUT2D eigenvalue weighted by molar-refractivity contribution is 0.365. The average molecular weight is 171 g/mol. The van der Waals surface area contributed by atoms with E-state index in [4.69, 9.17) is 10.8 Å². The monoisotopic (exact) mass is 171 g/mol. The van der Waals surface area contributed by atoms with Gasteiger partial charge in [-0.1, -0.05) is 0 Å². The third-order valence-corrected chi connectivity index (χ3v) is 1.62. The van der Waals surface area contributed by atoms with Crippen molar-refractivity contribution in [3.05, 3.63) is 17.4 Å². The van der Waals surface area contributed by atoms with Crippen molar-refractivity contribution >= 4 is 5.69 Å². The normalized spacial score (nSPS) is 9.92. The van der Waals surface area contributed by atoms with Gasteiger partial charge in [-0.05, 0) is 18.6 Å². The molecule has 0 aliphatic rings. The van der Waals surface area contributed by atoms with Gasteiger partial charge in [-0.2, -0.15) is 4.39 Å². The lowest BCUT2D eigenvalue weighted by Crippen LogP contribution is -1.97. The Labute approximate surface area is 69.6 Å². The van der Waals surface area contributed by atoms with Crippen molar-refractivity contribution in [3.63, 3.8) is 0 Å². The second-order valence-corrected chi connectivity index (χ2v) is 2.48. The highest BCUT2D eigenvalue weighted by atomic mass is 19.1. The number of hydrogen-bond donors (Lipinski definition) is 2. The Balaban J connectivity index is 3.40. The Morgan fingerprint density at radius 3 is 2.67 bits per heavy atom. The van der Waals surface area contributed by atoms with Gasteiger partial charge in [-0.25, -0.2) is 0 Å². The summed E-state index contributed by atoms with van der Waals surface area (Å²) in [6.45, 7) is 1.56. The van der Waals surface area contributed by atoms with Crippen molar-refractivity contribution in [2.45, 2.75) is 6.92 Å². The number of phenols is 1. The van der Waals surface area contributed by atoms with E-state index in [2.05, 4.69) is 4.74 Å². The van der Waals surface area contributed by atoms with Gasteiger partial charge >= 0.3 is 0 Å². The number of halogens is 1. The van der Waals surface area contributed by atoms with Gasteiger partial charge in [0.15, 0.2) is 11.5 Å². The lowest BCUT2D eigenvalue weighted by atomic mass is 10.2. The zero-order valence-corrected chi connectivity index (χ0v) is 6.89. The highest BCUT2D eigenvalue weighted by molar-refractivity contribution is 5.59. The fourth-order valence-corrected chi connectivity index (χ4v) is 0.982. The predicted octanol–water partition coefficient (Wildman–Crippen LogP) is 1.43. The molecule has 3 N–H and O–H groups in total. The van der Waals surface area contributed by atoms with Crippen molar-refractivity contribution in [2.24, 2.45) is 0 Å². The number of hydrogen-bond acceptors (Lipinski definition) is 3. The van der Waals surface area contributed by atoms with E-state index in [1.54, 1.807) is 6.92 Å². The van der Waals surface area contributed by atoms with Crippen molar-refractivity contribution in [1.82, 2.24) is 0 Å². The molecule has 1 rings (SSSR count). The van der Waals surface area contributed by atoms with Gasteiger partial charge in [0.25, 0.3) is 0 Å². The Hall–Kier alpha value is -1.45. The van der Waals surface area contributed by atoms with Crippen LogP contribution in [0.4, 0.5) is 10.1 Å². The van der Waals surface area contributed by atoms with E-state index in [9.17, 15) is 4.39 Å². The molecule has 0 fully saturated rings. The van der Waals surface area contributed by atoms with Crippen LogP contribution in [0.5, 0.6) is 11.5 Å². The highest BCUT2D eigenvalue weighted by Gasteiger charge is 2.14. The summed E-state index contributed by atoms with van der Waals surface area (Å²) in [6, 6.07) is 1.46. The molecule has 0 saturated heterocycles. The molecular formula is C8H10FNO2. The fraction of sp³-hybridized carbons (Fsp3) is 0.250. The summed E-state index contributed by atoms with van der Waals surface area (Å²) in [6.07, 6.45) is 0. The predicted molar refractivity (Wildman–Crippen MR) is 43.8 cm³/mol. The molecule has 3 nitrogen and oxygen atoms in total. The van der Waals surface area contributed by atoms with E-state index >= 15 is 0 Å². The summed E-state index contributed by atoms with van der Waals surface area (Å²) in [5, 5.41) is 9.13. The van der Waals surface area contributed by atoms with Gasteiger partial charge in [0, 0.05) is 0 Å². The van der Waals surface area contributed by atoms with Crippen LogP contribution in [0.25, 0.3) is 0 Å². The maximum Gasteiger partial charge on any atom is 0.208 e. The number of nitrogens with two attached hydrogens (primary N) is 1. The molecule has 0 heterocycles. The Morgan fingerprint density at radius 2 is 2.17 bits per heavy atom. The summed E-state index contributed by atoms with van der Waals surface area (Å²) >= 11 is 0. The molecule has 0 aliphatic carbocycles. The van der Waals surface area contributed by atoms with E-state index < -0.39 is 11.6 Å². The topological polar surface area (TPSA) is 55.5 Å². The van der Waals surface area contributed by atoms with Gasteiger partial charge in [-0.3, -0.25) is 0 Å². The Kier molecular flexibility index (Phi) is 2.08. The molecular weight excluding hydrogens is 161 g/mol. The molecule has 0 aromatic heterocycles. The molecule has 12 heavy (non-hydrogen) atoms. The number of ether oxygens (including phenoxy) is 1. The number of rotatable bonds is 1. The first kappa shape index (κ1) is 8.64.